The first kappa shape index (κ1) is 14.4. The molecule has 1 heterocycles. The summed E-state index contributed by atoms with van der Waals surface area (Å²) < 4.78 is 20.0. The van der Waals surface area contributed by atoms with Gasteiger partial charge in [-0.2, -0.15) is 0 Å². The highest BCUT2D eigenvalue weighted by molar-refractivity contribution is 7.10. The van der Waals surface area contributed by atoms with Crippen molar-refractivity contribution in [2.75, 3.05) is 26.1 Å². The highest BCUT2D eigenvalue weighted by Crippen LogP contribution is 2.28. The second-order valence-corrected chi connectivity index (χ2v) is 4.67. The largest absolute Gasteiger partial charge is 0.496 e. The van der Waals surface area contributed by atoms with Crippen molar-refractivity contribution < 1.29 is 14.2 Å². The van der Waals surface area contributed by atoms with Crippen LogP contribution < -0.4 is 19.5 Å². The molecule has 0 aliphatic heterocycles. The minimum absolute atomic E-state index is 0.342. The molecule has 0 saturated heterocycles. The molecule has 0 fully saturated rings. The number of ether oxygens (including phenoxy) is 3. The van der Waals surface area contributed by atoms with Crippen LogP contribution in [0.4, 0.5) is 5.00 Å². The third-order valence-corrected chi connectivity index (χ3v) is 3.32. The zero-order valence-corrected chi connectivity index (χ0v) is 12.5. The number of hydrogen-bond acceptors (Lipinski definition) is 7. The molecule has 20 heavy (non-hydrogen) atoms. The molecular weight excluding hydrogens is 278 g/mol. The van der Waals surface area contributed by atoms with Gasteiger partial charge in [0.05, 0.1) is 14.2 Å². The van der Waals surface area contributed by atoms with Gasteiger partial charge in [0.2, 0.25) is 0 Å². The van der Waals surface area contributed by atoms with Crippen molar-refractivity contribution in [2.45, 2.75) is 13.5 Å². The summed E-state index contributed by atoms with van der Waals surface area (Å²) in [5, 5.41) is 8.19. The smallest absolute Gasteiger partial charge is 0.136 e. The fourth-order valence-electron chi connectivity index (χ4n) is 1.61. The fourth-order valence-corrected chi connectivity index (χ4v) is 2.25. The van der Waals surface area contributed by atoms with Gasteiger partial charge >= 0.3 is 0 Å². The molecule has 108 valence electrons. The Bertz CT molecular complexity index is 537. The third-order valence-electron chi connectivity index (χ3n) is 2.59. The maximum Gasteiger partial charge on any atom is 0.136 e. The SMILES string of the molecule is CCNc1snnc1COc1cc(OC)cc(OC)c1. The summed E-state index contributed by atoms with van der Waals surface area (Å²) in [5.41, 5.74) is 0.790. The van der Waals surface area contributed by atoms with E-state index in [-0.39, 0.29) is 0 Å². The van der Waals surface area contributed by atoms with Crippen molar-refractivity contribution in [3.8, 4) is 17.2 Å². The average molecular weight is 295 g/mol. The zero-order valence-electron chi connectivity index (χ0n) is 11.7. The van der Waals surface area contributed by atoms with Crippen molar-refractivity contribution in [3.63, 3.8) is 0 Å². The Balaban J connectivity index is 2.08. The Morgan fingerprint density at radius 1 is 1.10 bits per heavy atom. The topological polar surface area (TPSA) is 65.5 Å². The molecule has 2 aromatic rings. The summed E-state index contributed by atoms with van der Waals surface area (Å²) in [7, 11) is 3.21. The standard InChI is InChI=1S/C13H17N3O3S/c1-4-14-13-12(15-16-20-13)8-19-11-6-9(17-2)5-10(7-11)18-3/h5-7,14H,4,8H2,1-3H3. The Morgan fingerprint density at radius 3 is 2.35 bits per heavy atom. The number of rotatable bonds is 7. The molecule has 2 rings (SSSR count). The lowest BCUT2D eigenvalue weighted by Crippen LogP contribution is -2.02. The van der Waals surface area contributed by atoms with Gasteiger partial charge in [-0.25, -0.2) is 0 Å². The molecule has 0 atom stereocenters. The molecule has 1 N–H and O–H groups in total. The van der Waals surface area contributed by atoms with Crippen LogP contribution in [-0.2, 0) is 6.61 Å². The first-order valence-corrected chi connectivity index (χ1v) is 6.95. The quantitative estimate of drug-likeness (QED) is 0.847. The fraction of sp³-hybridized carbons (Fsp3) is 0.385. The average Bonchev–Trinajstić information content (AvgIpc) is 2.92. The van der Waals surface area contributed by atoms with Crippen molar-refractivity contribution >= 4 is 16.5 Å². The molecule has 0 saturated carbocycles. The van der Waals surface area contributed by atoms with Gasteiger partial charge in [0.1, 0.15) is 34.6 Å². The van der Waals surface area contributed by atoms with Crippen LogP contribution in [0.1, 0.15) is 12.6 Å². The summed E-state index contributed by atoms with van der Waals surface area (Å²) >= 11 is 1.32. The number of benzene rings is 1. The normalized spacial score (nSPS) is 10.2. The number of aromatic nitrogens is 2. The minimum Gasteiger partial charge on any atom is -0.496 e. The molecule has 0 spiro atoms. The maximum atomic E-state index is 5.73. The van der Waals surface area contributed by atoms with Gasteiger partial charge in [0, 0.05) is 36.3 Å². The summed E-state index contributed by atoms with van der Waals surface area (Å²) in [4.78, 5) is 0. The molecule has 6 nitrogen and oxygen atoms in total. The number of methoxy groups -OCH3 is 2. The van der Waals surface area contributed by atoms with Gasteiger partial charge in [0.25, 0.3) is 0 Å². The van der Waals surface area contributed by atoms with Gasteiger partial charge in [-0.05, 0) is 6.92 Å². The predicted octanol–water partition coefficient (Wildman–Crippen LogP) is 2.57. The molecule has 1 aromatic heterocycles. The lowest BCUT2D eigenvalue weighted by molar-refractivity contribution is 0.296. The number of hydrogen-bond donors (Lipinski definition) is 1. The van der Waals surface area contributed by atoms with E-state index in [0.29, 0.717) is 23.9 Å². The summed E-state index contributed by atoms with van der Waals surface area (Å²) in [6.45, 7) is 3.19. The van der Waals surface area contributed by atoms with Crippen LogP contribution in [0.2, 0.25) is 0 Å². The van der Waals surface area contributed by atoms with Gasteiger partial charge in [-0.1, -0.05) is 4.49 Å². The van der Waals surface area contributed by atoms with Crippen molar-refractivity contribution in [1.29, 1.82) is 0 Å². The molecule has 0 aliphatic rings. The van der Waals surface area contributed by atoms with Crippen molar-refractivity contribution in [2.24, 2.45) is 0 Å². The van der Waals surface area contributed by atoms with E-state index in [1.54, 1.807) is 32.4 Å². The van der Waals surface area contributed by atoms with Gasteiger partial charge in [-0.3, -0.25) is 0 Å². The molecular formula is C13H17N3O3S. The Kier molecular flexibility index (Phi) is 5.00. The van der Waals surface area contributed by atoms with Crippen LogP contribution in [0.15, 0.2) is 18.2 Å². The Labute approximate surface area is 121 Å². The van der Waals surface area contributed by atoms with E-state index < -0.39 is 0 Å². The van der Waals surface area contributed by atoms with Gasteiger partial charge < -0.3 is 19.5 Å². The van der Waals surface area contributed by atoms with Gasteiger partial charge in [0.15, 0.2) is 0 Å². The van der Waals surface area contributed by atoms with E-state index in [9.17, 15) is 0 Å². The van der Waals surface area contributed by atoms with Crippen molar-refractivity contribution in [1.82, 2.24) is 9.59 Å². The molecule has 0 unspecified atom stereocenters. The monoisotopic (exact) mass is 295 g/mol. The van der Waals surface area contributed by atoms with Crippen LogP contribution in [0.3, 0.4) is 0 Å². The van der Waals surface area contributed by atoms with Crippen LogP contribution in [0.25, 0.3) is 0 Å². The molecule has 0 amide bonds. The molecule has 0 radical (unpaired) electrons. The second kappa shape index (κ2) is 6.95. The number of nitrogens with zero attached hydrogens (tertiary/aromatic N) is 2. The van der Waals surface area contributed by atoms with E-state index in [1.807, 2.05) is 6.92 Å². The van der Waals surface area contributed by atoms with E-state index in [4.69, 9.17) is 14.2 Å². The third kappa shape index (κ3) is 3.51. The van der Waals surface area contributed by atoms with E-state index in [1.165, 1.54) is 11.5 Å². The second-order valence-electron chi connectivity index (χ2n) is 3.92. The first-order chi connectivity index (χ1) is 9.76. The van der Waals surface area contributed by atoms with E-state index >= 15 is 0 Å². The predicted molar refractivity (Wildman–Crippen MR) is 78.0 cm³/mol. The van der Waals surface area contributed by atoms with Crippen LogP contribution in [0.5, 0.6) is 17.2 Å². The lowest BCUT2D eigenvalue weighted by Gasteiger charge is -2.10. The summed E-state index contributed by atoms with van der Waals surface area (Å²) in [6.07, 6.45) is 0. The minimum atomic E-state index is 0.342. The molecule has 0 bridgehead atoms. The highest BCUT2D eigenvalue weighted by Gasteiger charge is 2.09. The Hall–Kier alpha value is -2.02. The first-order valence-electron chi connectivity index (χ1n) is 6.17. The van der Waals surface area contributed by atoms with Crippen LogP contribution in [-0.4, -0.2) is 30.4 Å². The number of nitrogens with one attached hydrogen (secondary N) is 1. The van der Waals surface area contributed by atoms with Crippen molar-refractivity contribution in [3.05, 3.63) is 23.9 Å². The summed E-state index contributed by atoms with van der Waals surface area (Å²) in [6, 6.07) is 5.39. The van der Waals surface area contributed by atoms with Crippen LogP contribution >= 0.6 is 11.5 Å². The summed E-state index contributed by atoms with van der Waals surface area (Å²) in [5.74, 6) is 2.03. The maximum absolute atomic E-state index is 5.73. The molecule has 0 aliphatic carbocycles. The molecule has 7 heteroatoms. The zero-order chi connectivity index (χ0) is 14.4. The highest BCUT2D eigenvalue weighted by atomic mass is 32.1. The lowest BCUT2D eigenvalue weighted by atomic mass is 10.3. The van der Waals surface area contributed by atoms with Crippen LogP contribution in [0, 0.1) is 0 Å². The van der Waals surface area contributed by atoms with E-state index in [0.717, 1.165) is 17.2 Å². The van der Waals surface area contributed by atoms with E-state index in [2.05, 4.69) is 14.9 Å². The molecule has 1 aromatic carbocycles. The van der Waals surface area contributed by atoms with Gasteiger partial charge in [-0.15, -0.1) is 5.10 Å². The number of anilines is 1. The Morgan fingerprint density at radius 2 is 1.75 bits per heavy atom.